The van der Waals surface area contributed by atoms with Gasteiger partial charge in [0.25, 0.3) is 0 Å². The third-order valence-corrected chi connectivity index (χ3v) is 5.77. The van der Waals surface area contributed by atoms with E-state index in [4.69, 9.17) is 0 Å². The van der Waals surface area contributed by atoms with Crippen LogP contribution >= 0.6 is 11.8 Å². The zero-order valence-electron chi connectivity index (χ0n) is 12.7. The predicted octanol–water partition coefficient (Wildman–Crippen LogP) is 2.06. The number of unbranched alkanes of at least 4 members (excludes halogenated alkanes) is 1. The molecule has 2 heterocycles. The maximum atomic E-state index is 11.9. The van der Waals surface area contributed by atoms with Crippen LogP contribution in [0.4, 0.5) is 10.5 Å². The van der Waals surface area contributed by atoms with Gasteiger partial charge in [0, 0.05) is 17.4 Å². The van der Waals surface area contributed by atoms with Crippen molar-refractivity contribution in [2.45, 2.75) is 43.0 Å². The Kier molecular flexibility index (Phi) is 4.95. The molecule has 7 heteroatoms. The van der Waals surface area contributed by atoms with E-state index in [0.29, 0.717) is 17.4 Å². The average Bonchev–Trinajstić information content (AvgIpc) is 3.06. The summed E-state index contributed by atoms with van der Waals surface area (Å²) in [5.74, 6) is 0.958. The summed E-state index contributed by atoms with van der Waals surface area (Å²) < 4.78 is 0. The van der Waals surface area contributed by atoms with Gasteiger partial charge < -0.3 is 21.1 Å². The molecule has 0 saturated carbocycles. The van der Waals surface area contributed by atoms with Gasteiger partial charge in [0.15, 0.2) is 0 Å². The first kappa shape index (κ1) is 16.0. The minimum Gasteiger partial charge on any atom is -0.506 e. The van der Waals surface area contributed by atoms with Crippen molar-refractivity contribution >= 4 is 29.4 Å². The van der Waals surface area contributed by atoms with Gasteiger partial charge in [-0.2, -0.15) is 11.8 Å². The van der Waals surface area contributed by atoms with Crippen LogP contribution in [0.5, 0.6) is 5.75 Å². The van der Waals surface area contributed by atoms with E-state index in [1.54, 1.807) is 24.3 Å². The summed E-state index contributed by atoms with van der Waals surface area (Å²) in [6.07, 6.45) is 3.18. The van der Waals surface area contributed by atoms with Crippen LogP contribution in [0.3, 0.4) is 0 Å². The number of benzene rings is 1. The lowest BCUT2D eigenvalue weighted by molar-refractivity contribution is -0.116. The number of para-hydroxylation sites is 2. The molecule has 124 valence electrons. The van der Waals surface area contributed by atoms with Gasteiger partial charge in [-0.1, -0.05) is 18.6 Å². The highest BCUT2D eigenvalue weighted by Crippen LogP contribution is 2.33. The number of urea groups is 1. The van der Waals surface area contributed by atoms with Gasteiger partial charge >= 0.3 is 6.03 Å². The van der Waals surface area contributed by atoms with E-state index in [1.807, 2.05) is 11.8 Å². The molecule has 6 nitrogen and oxygen atoms in total. The Labute approximate surface area is 139 Å². The maximum absolute atomic E-state index is 11.9. The molecule has 0 bridgehead atoms. The van der Waals surface area contributed by atoms with Gasteiger partial charge in [-0.25, -0.2) is 4.79 Å². The van der Waals surface area contributed by atoms with Gasteiger partial charge in [0.2, 0.25) is 5.91 Å². The van der Waals surface area contributed by atoms with E-state index in [0.717, 1.165) is 25.0 Å². The van der Waals surface area contributed by atoms with Crippen LogP contribution in [0, 0.1) is 0 Å². The number of carbonyl (C=O) groups is 2. The molecule has 3 amide bonds. The lowest BCUT2D eigenvalue weighted by Crippen LogP contribution is -2.36. The molecule has 1 aromatic rings. The second-order valence-electron chi connectivity index (χ2n) is 5.93. The Morgan fingerprint density at radius 3 is 2.96 bits per heavy atom. The summed E-state index contributed by atoms with van der Waals surface area (Å²) in [5.41, 5.74) is 0.450. The predicted molar refractivity (Wildman–Crippen MR) is 90.7 cm³/mol. The van der Waals surface area contributed by atoms with E-state index in [2.05, 4.69) is 16.0 Å². The summed E-state index contributed by atoms with van der Waals surface area (Å²) in [6, 6.07) is 7.13. The van der Waals surface area contributed by atoms with Crippen molar-refractivity contribution in [2.75, 3.05) is 11.1 Å². The number of nitrogens with one attached hydrogen (secondary N) is 3. The van der Waals surface area contributed by atoms with Crippen LogP contribution in [-0.2, 0) is 4.79 Å². The summed E-state index contributed by atoms with van der Waals surface area (Å²) in [4.78, 5) is 23.2. The number of fused-ring (bicyclic) bond motifs is 1. The molecular formula is C16H21N3O3S. The van der Waals surface area contributed by atoms with Crippen molar-refractivity contribution < 1.29 is 14.7 Å². The third-order valence-electron chi connectivity index (χ3n) is 4.26. The molecule has 2 aliphatic rings. The molecule has 0 unspecified atom stereocenters. The zero-order chi connectivity index (χ0) is 16.2. The summed E-state index contributed by atoms with van der Waals surface area (Å²) in [5, 5.41) is 18.7. The summed E-state index contributed by atoms with van der Waals surface area (Å²) in [6.45, 7) is 0. The van der Waals surface area contributed by atoms with E-state index in [1.165, 1.54) is 0 Å². The molecule has 0 aromatic heterocycles. The van der Waals surface area contributed by atoms with Crippen LogP contribution in [0.25, 0.3) is 0 Å². The Balaban J connectivity index is 1.36. The number of hydrogen-bond acceptors (Lipinski definition) is 4. The van der Waals surface area contributed by atoms with Gasteiger partial charge in [0.05, 0.1) is 17.8 Å². The minimum absolute atomic E-state index is 0.0626. The summed E-state index contributed by atoms with van der Waals surface area (Å²) in [7, 11) is 0. The molecule has 3 atom stereocenters. The molecule has 2 fully saturated rings. The van der Waals surface area contributed by atoms with Gasteiger partial charge in [-0.05, 0) is 25.0 Å². The molecule has 2 saturated heterocycles. The van der Waals surface area contributed by atoms with Crippen molar-refractivity contribution in [1.29, 1.82) is 0 Å². The van der Waals surface area contributed by atoms with Crippen LogP contribution in [0.2, 0.25) is 0 Å². The zero-order valence-corrected chi connectivity index (χ0v) is 13.6. The van der Waals surface area contributed by atoms with E-state index < -0.39 is 0 Å². The monoisotopic (exact) mass is 335 g/mol. The molecular weight excluding hydrogens is 314 g/mol. The molecule has 0 spiro atoms. The second kappa shape index (κ2) is 7.12. The third kappa shape index (κ3) is 3.90. The second-order valence-corrected chi connectivity index (χ2v) is 7.21. The Hall–Kier alpha value is -1.89. The largest absolute Gasteiger partial charge is 0.506 e. The first-order chi connectivity index (χ1) is 11.1. The van der Waals surface area contributed by atoms with E-state index in [-0.39, 0.29) is 29.8 Å². The molecule has 23 heavy (non-hydrogen) atoms. The smallest absolute Gasteiger partial charge is 0.315 e. The van der Waals surface area contributed by atoms with Crippen molar-refractivity contribution in [2.24, 2.45) is 0 Å². The molecule has 3 rings (SSSR count). The number of aromatic hydroxyl groups is 1. The Morgan fingerprint density at radius 2 is 2.13 bits per heavy atom. The Morgan fingerprint density at radius 1 is 1.30 bits per heavy atom. The van der Waals surface area contributed by atoms with E-state index in [9.17, 15) is 14.7 Å². The first-order valence-electron chi connectivity index (χ1n) is 7.90. The standard InChI is InChI=1S/C16H21N3O3S/c20-12-6-2-1-5-10(12)17-14(21)8-4-3-7-13-15-11(9-23-13)18-16(22)19-15/h1-2,5-6,11,13,15,20H,3-4,7-9H2,(H,17,21)(H2,18,19,22)/t11-,13+,15+/m0/s1. The van der Waals surface area contributed by atoms with Crippen molar-refractivity contribution in [1.82, 2.24) is 10.6 Å². The van der Waals surface area contributed by atoms with Crippen molar-refractivity contribution in [3.05, 3.63) is 24.3 Å². The highest BCUT2D eigenvalue weighted by Gasteiger charge is 2.42. The minimum atomic E-state index is -0.0840. The first-order valence-corrected chi connectivity index (χ1v) is 8.95. The number of phenolic OH excluding ortho intramolecular Hbond substituents is 1. The fraction of sp³-hybridized carbons (Fsp3) is 0.500. The van der Waals surface area contributed by atoms with Crippen LogP contribution in [0.1, 0.15) is 25.7 Å². The number of rotatable bonds is 6. The van der Waals surface area contributed by atoms with Crippen LogP contribution in [-0.4, -0.2) is 40.1 Å². The van der Waals surface area contributed by atoms with Crippen molar-refractivity contribution in [3.63, 3.8) is 0 Å². The molecule has 4 N–H and O–H groups in total. The van der Waals surface area contributed by atoms with Gasteiger partial charge in [-0.3, -0.25) is 4.79 Å². The number of anilines is 1. The molecule has 0 aliphatic carbocycles. The fourth-order valence-electron chi connectivity index (χ4n) is 3.07. The van der Waals surface area contributed by atoms with E-state index >= 15 is 0 Å². The van der Waals surface area contributed by atoms with Crippen LogP contribution < -0.4 is 16.0 Å². The van der Waals surface area contributed by atoms with Crippen LogP contribution in [0.15, 0.2) is 24.3 Å². The number of phenols is 1. The highest BCUT2D eigenvalue weighted by atomic mass is 32.2. The maximum Gasteiger partial charge on any atom is 0.315 e. The van der Waals surface area contributed by atoms with Crippen molar-refractivity contribution in [3.8, 4) is 5.75 Å². The van der Waals surface area contributed by atoms with Gasteiger partial charge in [-0.15, -0.1) is 0 Å². The summed E-state index contributed by atoms with van der Waals surface area (Å²) >= 11 is 1.89. The molecule has 2 aliphatic heterocycles. The number of carbonyl (C=O) groups excluding carboxylic acids is 2. The lowest BCUT2D eigenvalue weighted by atomic mass is 10.0. The number of thioether (sulfide) groups is 1. The number of amides is 3. The average molecular weight is 335 g/mol. The highest BCUT2D eigenvalue weighted by molar-refractivity contribution is 8.00. The normalized spacial score (nSPS) is 25.6. The lowest BCUT2D eigenvalue weighted by Gasteiger charge is -2.16. The fourth-order valence-corrected chi connectivity index (χ4v) is 4.61. The topological polar surface area (TPSA) is 90.5 Å². The Bertz CT molecular complexity index is 596. The molecule has 0 radical (unpaired) electrons. The SMILES string of the molecule is O=C(CCCC[C@H]1SC[C@@H]2NC(=O)N[C@H]21)Nc1ccccc1O. The molecule has 1 aromatic carbocycles. The number of hydrogen-bond donors (Lipinski definition) is 4. The van der Waals surface area contributed by atoms with Gasteiger partial charge in [0.1, 0.15) is 5.75 Å². The quantitative estimate of drug-likeness (QED) is 0.364.